The van der Waals surface area contributed by atoms with Gasteiger partial charge in [-0.25, -0.2) is 0 Å². The molecule has 6 nitrogen and oxygen atoms in total. The van der Waals surface area contributed by atoms with Gasteiger partial charge in [0.1, 0.15) is 0 Å². The Bertz CT molecular complexity index is 694. The van der Waals surface area contributed by atoms with Crippen LogP contribution in [-0.2, 0) is 4.79 Å². The molecule has 2 aliphatic rings. The van der Waals surface area contributed by atoms with Crippen LogP contribution in [0, 0.1) is 22.7 Å². The maximum atomic E-state index is 12.7. The van der Waals surface area contributed by atoms with Gasteiger partial charge in [-0.05, 0) is 36.6 Å². The molecule has 2 saturated heterocycles. The number of aliphatic hydroxyl groups excluding tert-OH is 1. The van der Waals surface area contributed by atoms with Gasteiger partial charge in [-0.2, -0.15) is 5.26 Å². The molecule has 2 heterocycles. The summed E-state index contributed by atoms with van der Waals surface area (Å²) in [6.45, 7) is 3.75. The Kier molecular flexibility index (Phi) is 4.29. The van der Waals surface area contributed by atoms with Crippen molar-refractivity contribution in [2.75, 3.05) is 32.8 Å². The zero-order chi connectivity index (χ0) is 17.3. The van der Waals surface area contributed by atoms with E-state index in [4.69, 9.17) is 5.26 Å². The lowest BCUT2D eigenvalue weighted by molar-refractivity contribution is -0.128. The predicted octanol–water partition coefficient (Wildman–Crippen LogP) is 0.861. The molecule has 1 aromatic rings. The molecule has 126 valence electrons. The first kappa shape index (κ1) is 16.5. The van der Waals surface area contributed by atoms with Crippen molar-refractivity contribution < 1.29 is 14.7 Å². The van der Waals surface area contributed by atoms with Crippen LogP contribution in [0.15, 0.2) is 24.3 Å². The van der Waals surface area contributed by atoms with Crippen molar-refractivity contribution in [1.29, 1.82) is 5.26 Å². The summed E-state index contributed by atoms with van der Waals surface area (Å²) in [7, 11) is 0. The molecule has 0 radical (unpaired) electrons. The summed E-state index contributed by atoms with van der Waals surface area (Å²) in [4.78, 5) is 28.0. The van der Waals surface area contributed by atoms with Crippen LogP contribution in [0.25, 0.3) is 0 Å². The Balaban J connectivity index is 1.78. The van der Waals surface area contributed by atoms with Gasteiger partial charge in [0.15, 0.2) is 0 Å². The highest BCUT2D eigenvalue weighted by molar-refractivity contribution is 5.94. The molecular formula is C18H21N3O3. The van der Waals surface area contributed by atoms with Crippen molar-refractivity contribution >= 4 is 11.8 Å². The van der Waals surface area contributed by atoms with E-state index in [1.807, 2.05) is 6.07 Å². The summed E-state index contributed by atoms with van der Waals surface area (Å²) in [5, 5.41) is 18.8. The second-order valence-electron chi connectivity index (χ2n) is 6.82. The number of hydrogen-bond donors (Lipinski definition) is 1. The van der Waals surface area contributed by atoms with Gasteiger partial charge < -0.3 is 14.9 Å². The Morgan fingerprint density at radius 1 is 1.29 bits per heavy atom. The maximum absolute atomic E-state index is 12.7. The van der Waals surface area contributed by atoms with Gasteiger partial charge in [-0.1, -0.05) is 0 Å². The number of fused-ring (bicyclic) bond motifs is 1. The highest BCUT2D eigenvalue weighted by Gasteiger charge is 2.50. The molecule has 1 N–H and O–H groups in total. The fraction of sp³-hybridized carbons (Fsp3) is 0.500. The van der Waals surface area contributed by atoms with Gasteiger partial charge in [0.25, 0.3) is 5.91 Å². The molecular weight excluding hydrogens is 306 g/mol. The minimum atomic E-state index is -0.424. The summed E-state index contributed by atoms with van der Waals surface area (Å²) >= 11 is 0. The van der Waals surface area contributed by atoms with Crippen LogP contribution in [0.2, 0.25) is 0 Å². The van der Waals surface area contributed by atoms with Crippen molar-refractivity contribution in [3.63, 3.8) is 0 Å². The normalized spacial score (nSPS) is 26.0. The molecule has 0 unspecified atom stereocenters. The molecule has 0 aliphatic carbocycles. The number of benzene rings is 1. The van der Waals surface area contributed by atoms with Crippen molar-refractivity contribution in [2.45, 2.75) is 13.3 Å². The summed E-state index contributed by atoms with van der Waals surface area (Å²) in [5.74, 6) is 0.158. The van der Waals surface area contributed by atoms with Gasteiger partial charge in [-0.3, -0.25) is 9.59 Å². The number of carbonyl (C=O) groups excluding carboxylic acids is 2. The zero-order valence-electron chi connectivity index (χ0n) is 13.7. The Morgan fingerprint density at radius 2 is 1.96 bits per heavy atom. The van der Waals surface area contributed by atoms with Crippen LogP contribution in [0.3, 0.4) is 0 Å². The Labute approximate surface area is 141 Å². The van der Waals surface area contributed by atoms with Gasteiger partial charge >= 0.3 is 0 Å². The number of hydrogen-bond acceptors (Lipinski definition) is 4. The van der Waals surface area contributed by atoms with Crippen LogP contribution in [0.1, 0.15) is 29.3 Å². The van der Waals surface area contributed by atoms with Crippen LogP contribution in [-0.4, -0.2) is 59.5 Å². The van der Waals surface area contributed by atoms with Gasteiger partial charge in [0, 0.05) is 44.1 Å². The largest absolute Gasteiger partial charge is 0.396 e. The SMILES string of the molecule is CC(=O)N1C[C@@H]2CCN(C(=O)c3ccc(C#N)cc3)C[C@]2(CO)C1. The number of aliphatic hydroxyl groups is 1. The lowest BCUT2D eigenvalue weighted by atomic mass is 9.74. The molecule has 3 rings (SSSR count). The quantitative estimate of drug-likeness (QED) is 0.873. The fourth-order valence-corrected chi connectivity index (χ4v) is 3.89. The van der Waals surface area contributed by atoms with Crippen molar-refractivity contribution in [3.8, 4) is 6.07 Å². The smallest absolute Gasteiger partial charge is 0.253 e. The number of nitriles is 1. The third-order valence-corrected chi connectivity index (χ3v) is 5.37. The van der Waals surface area contributed by atoms with Crippen molar-refractivity contribution in [1.82, 2.24) is 9.80 Å². The van der Waals surface area contributed by atoms with E-state index >= 15 is 0 Å². The van der Waals surface area contributed by atoms with E-state index < -0.39 is 5.41 Å². The fourth-order valence-electron chi connectivity index (χ4n) is 3.89. The lowest BCUT2D eigenvalue weighted by Crippen LogP contribution is -2.52. The third-order valence-electron chi connectivity index (χ3n) is 5.37. The average Bonchev–Trinajstić information content (AvgIpc) is 3.01. The number of piperidine rings is 1. The maximum Gasteiger partial charge on any atom is 0.253 e. The highest BCUT2D eigenvalue weighted by atomic mass is 16.3. The third kappa shape index (κ3) is 2.76. The first-order valence-corrected chi connectivity index (χ1v) is 8.15. The molecule has 2 aliphatic heterocycles. The van der Waals surface area contributed by atoms with Crippen LogP contribution in [0.5, 0.6) is 0 Å². The van der Waals surface area contributed by atoms with Gasteiger partial charge in [0.2, 0.25) is 5.91 Å². The summed E-state index contributed by atoms with van der Waals surface area (Å²) in [6.07, 6.45) is 0.784. The zero-order valence-corrected chi connectivity index (χ0v) is 13.7. The van der Waals surface area contributed by atoms with E-state index in [2.05, 4.69) is 0 Å². The van der Waals surface area contributed by atoms with Crippen LogP contribution in [0.4, 0.5) is 0 Å². The van der Waals surface area contributed by atoms with E-state index in [9.17, 15) is 14.7 Å². The summed E-state index contributed by atoms with van der Waals surface area (Å²) in [6, 6.07) is 8.63. The van der Waals surface area contributed by atoms with Crippen LogP contribution < -0.4 is 0 Å². The minimum Gasteiger partial charge on any atom is -0.396 e. The predicted molar refractivity (Wildman–Crippen MR) is 86.9 cm³/mol. The van der Waals surface area contributed by atoms with E-state index in [1.165, 1.54) is 0 Å². The minimum absolute atomic E-state index is 0.0159. The monoisotopic (exact) mass is 327 g/mol. The molecule has 2 atom stereocenters. The van der Waals surface area contributed by atoms with E-state index in [-0.39, 0.29) is 24.3 Å². The van der Waals surface area contributed by atoms with Crippen molar-refractivity contribution in [3.05, 3.63) is 35.4 Å². The number of carbonyl (C=O) groups is 2. The molecule has 2 fully saturated rings. The molecule has 0 aromatic heterocycles. The highest BCUT2D eigenvalue weighted by Crippen LogP contribution is 2.42. The van der Waals surface area contributed by atoms with Crippen molar-refractivity contribution in [2.24, 2.45) is 11.3 Å². The second kappa shape index (κ2) is 6.25. The molecule has 0 spiro atoms. The van der Waals surface area contributed by atoms with E-state index in [1.54, 1.807) is 41.0 Å². The Hall–Kier alpha value is -2.39. The van der Waals surface area contributed by atoms with Crippen LogP contribution >= 0.6 is 0 Å². The molecule has 24 heavy (non-hydrogen) atoms. The molecule has 0 saturated carbocycles. The summed E-state index contributed by atoms with van der Waals surface area (Å²) < 4.78 is 0. The van der Waals surface area contributed by atoms with E-state index in [0.717, 1.165) is 6.42 Å². The van der Waals surface area contributed by atoms with Gasteiger partial charge in [-0.15, -0.1) is 0 Å². The number of rotatable bonds is 2. The topological polar surface area (TPSA) is 84.6 Å². The first-order valence-electron chi connectivity index (χ1n) is 8.15. The van der Waals surface area contributed by atoms with E-state index in [0.29, 0.717) is 37.3 Å². The molecule has 0 bridgehead atoms. The number of amides is 2. The first-order chi connectivity index (χ1) is 11.5. The number of nitrogens with zero attached hydrogens (tertiary/aromatic N) is 3. The van der Waals surface area contributed by atoms with Gasteiger partial charge in [0.05, 0.1) is 18.2 Å². The lowest BCUT2D eigenvalue weighted by Gasteiger charge is -2.43. The summed E-state index contributed by atoms with van der Waals surface area (Å²) in [5.41, 5.74) is 0.638. The second-order valence-corrected chi connectivity index (χ2v) is 6.82. The molecule has 2 amide bonds. The standard InChI is InChI=1S/C18H21N3O3/c1-13(23)21-9-16-6-7-20(10-18(16,11-21)12-22)17(24)15-4-2-14(8-19)3-5-15/h2-5,16,22H,6-7,9-12H2,1H3/t16-,18+/m0/s1. The Morgan fingerprint density at radius 3 is 2.54 bits per heavy atom. The average molecular weight is 327 g/mol. The molecule has 6 heteroatoms. The number of likely N-dealkylation sites (tertiary alicyclic amines) is 2. The molecule has 1 aromatic carbocycles.